The standard InChI is InChI=1S/C44H49F2N4O7P/c1-29(2)50(30(3)4)58(7)57-39-37(56-41(44(39,45)46)49-27-26-38(48-42(49)52)47-40(51)31-14-10-8-11-15-31)28-55-43(32-16-12-9-13-17-32,33-18-22-35(53-5)23-19-33)34-20-24-36(54-6)25-21-34/h8-27,29-30,37,39,41H,28H2,1-7H3,(H,47,48,51,52)/t37-,39+,41-,58?/m1/s1. The van der Waals surface area contributed by atoms with Crippen molar-refractivity contribution in [3.05, 3.63) is 154 Å². The third kappa shape index (κ3) is 8.84. The molecule has 58 heavy (non-hydrogen) atoms. The van der Waals surface area contributed by atoms with E-state index in [4.69, 9.17) is 23.5 Å². The Morgan fingerprint density at radius 3 is 1.86 bits per heavy atom. The van der Waals surface area contributed by atoms with Gasteiger partial charge < -0.3 is 28.8 Å². The molecule has 6 rings (SSSR count). The number of methoxy groups -OCH3 is 2. The number of benzene rings is 4. The zero-order chi connectivity index (χ0) is 41.6. The highest BCUT2D eigenvalue weighted by Gasteiger charge is 2.62. The predicted octanol–water partition coefficient (Wildman–Crippen LogP) is 8.50. The van der Waals surface area contributed by atoms with Crippen molar-refractivity contribution in [3.8, 4) is 11.5 Å². The van der Waals surface area contributed by atoms with Crippen molar-refractivity contribution in [3.63, 3.8) is 0 Å². The van der Waals surface area contributed by atoms with Gasteiger partial charge in [0.05, 0.1) is 20.8 Å². The molecule has 1 aliphatic rings. The molecular formula is C44H49F2N4O7P. The van der Waals surface area contributed by atoms with Crippen LogP contribution < -0.4 is 20.5 Å². The van der Waals surface area contributed by atoms with Gasteiger partial charge >= 0.3 is 11.6 Å². The van der Waals surface area contributed by atoms with Crippen molar-refractivity contribution in [2.24, 2.45) is 0 Å². The summed E-state index contributed by atoms with van der Waals surface area (Å²) < 4.78 is 67.5. The molecule has 0 radical (unpaired) electrons. The lowest BCUT2D eigenvalue weighted by Crippen LogP contribution is -2.45. The SMILES string of the molecule is COc1ccc(C(OC[C@H]2O[C@@H](n3ccc(NC(=O)c4ccccc4)nc3=O)C(F)(F)[C@H]2OP(C)N(C(C)C)C(C)C)(c2ccccc2)c2ccc(OC)cc2)cc1. The highest BCUT2D eigenvalue weighted by Crippen LogP contribution is 2.52. The van der Waals surface area contributed by atoms with Crippen LogP contribution in [0, 0.1) is 0 Å². The van der Waals surface area contributed by atoms with Crippen LogP contribution in [0.1, 0.15) is 61.0 Å². The van der Waals surface area contributed by atoms with Crippen molar-refractivity contribution in [1.82, 2.24) is 14.2 Å². The number of carbonyl (C=O) groups is 1. The number of anilines is 1. The number of amides is 1. The number of ether oxygens (including phenoxy) is 4. The molecular weight excluding hydrogens is 765 g/mol. The average Bonchev–Trinajstić information content (AvgIpc) is 3.46. The minimum atomic E-state index is -3.75. The number of halogens is 2. The third-order valence-electron chi connectivity index (χ3n) is 10.00. The van der Waals surface area contributed by atoms with Gasteiger partial charge in [0.25, 0.3) is 5.91 Å². The summed E-state index contributed by atoms with van der Waals surface area (Å²) in [4.78, 5) is 30.2. The fourth-order valence-electron chi connectivity index (χ4n) is 7.42. The first-order valence-electron chi connectivity index (χ1n) is 19.0. The summed E-state index contributed by atoms with van der Waals surface area (Å²) in [5.74, 6) is -3.12. The van der Waals surface area contributed by atoms with Gasteiger partial charge in [-0.3, -0.25) is 14.0 Å². The number of rotatable bonds is 16. The van der Waals surface area contributed by atoms with E-state index in [1.54, 1.807) is 51.2 Å². The lowest BCUT2D eigenvalue weighted by atomic mass is 9.80. The smallest absolute Gasteiger partial charge is 0.351 e. The predicted molar refractivity (Wildman–Crippen MR) is 220 cm³/mol. The van der Waals surface area contributed by atoms with Crippen molar-refractivity contribution in [1.29, 1.82) is 0 Å². The maximum atomic E-state index is 17.1. The van der Waals surface area contributed by atoms with Crippen molar-refractivity contribution in [2.45, 2.75) is 69.7 Å². The van der Waals surface area contributed by atoms with E-state index < -0.39 is 49.9 Å². The molecule has 1 N–H and O–H groups in total. The number of hydrogen-bond donors (Lipinski definition) is 1. The van der Waals surface area contributed by atoms with E-state index in [9.17, 15) is 9.59 Å². The molecule has 0 spiro atoms. The molecule has 306 valence electrons. The molecule has 1 saturated heterocycles. The molecule has 0 bridgehead atoms. The summed E-state index contributed by atoms with van der Waals surface area (Å²) in [5, 5.41) is 2.56. The summed E-state index contributed by atoms with van der Waals surface area (Å²) in [6, 6.07) is 33.8. The van der Waals surface area contributed by atoms with Crippen LogP contribution in [0.3, 0.4) is 0 Å². The van der Waals surface area contributed by atoms with E-state index >= 15 is 8.78 Å². The van der Waals surface area contributed by atoms with E-state index in [2.05, 4.69) is 10.3 Å². The van der Waals surface area contributed by atoms with E-state index in [1.165, 1.54) is 6.07 Å². The number of hydrogen-bond acceptors (Lipinski definition) is 9. The average molecular weight is 815 g/mol. The normalized spacial score (nSPS) is 18.4. The summed E-state index contributed by atoms with van der Waals surface area (Å²) in [6.45, 7) is 9.33. The molecule has 0 aliphatic carbocycles. The van der Waals surface area contributed by atoms with Crippen LogP contribution >= 0.6 is 8.30 Å². The minimum Gasteiger partial charge on any atom is -0.497 e. The molecule has 1 unspecified atom stereocenters. The van der Waals surface area contributed by atoms with Gasteiger partial charge in [-0.2, -0.15) is 13.8 Å². The molecule has 0 saturated carbocycles. The van der Waals surface area contributed by atoms with Crippen LogP contribution in [-0.4, -0.2) is 77.8 Å². The number of nitrogens with one attached hydrogen (secondary N) is 1. The Balaban J connectivity index is 1.41. The Hall–Kier alpha value is -5.04. The fraction of sp³-hybridized carbons (Fsp3) is 0.341. The molecule has 11 nitrogen and oxygen atoms in total. The van der Waals surface area contributed by atoms with Gasteiger partial charge in [0.15, 0.2) is 6.10 Å². The first-order valence-corrected chi connectivity index (χ1v) is 20.6. The second-order valence-electron chi connectivity index (χ2n) is 14.4. The maximum Gasteiger partial charge on any atom is 0.351 e. The second kappa shape index (κ2) is 18.3. The number of carbonyl (C=O) groups excluding carboxylic acids is 1. The topological polar surface area (TPSA) is 113 Å². The fourth-order valence-corrected chi connectivity index (χ4v) is 9.43. The molecule has 14 heteroatoms. The van der Waals surface area contributed by atoms with Crippen LogP contribution in [0.2, 0.25) is 0 Å². The van der Waals surface area contributed by atoms with Gasteiger partial charge in [0.1, 0.15) is 37.3 Å². The van der Waals surface area contributed by atoms with Crippen LogP contribution in [0.15, 0.2) is 126 Å². The van der Waals surface area contributed by atoms with E-state index in [0.717, 1.165) is 16.3 Å². The van der Waals surface area contributed by atoms with Gasteiger partial charge in [-0.1, -0.05) is 72.8 Å². The van der Waals surface area contributed by atoms with E-state index in [1.807, 2.05) is 111 Å². The van der Waals surface area contributed by atoms with Gasteiger partial charge in [-0.25, -0.2) is 4.79 Å². The molecule has 1 aliphatic heterocycles. The largest absolute Gasteiger partial charge is 0.497 e. The van der Waals surface area contributed by atoms with Crippen molar-refractivity contribution < 1.29 is 37.0 Å². The Bertz CT molecular complexity index is 2120. The Kier molecular flexibility index (Phi) is 13.4. The molecule has 2 heterocycles. The zero-order valence-corrected chi connectivity index (χ0v) is 34.4. The van der Waals surface area contributed by atoms with Gasteiger partial charge in [-0.15, -0.1) is 0 Å². The van der Waals surface area contributed by atoms with E-state index in [-0.39, 0.29) is 24.5 Å². The van der Waals surface area contributed by atoms with Crippen LogP contribution in [-0.2, 0) is 19.6 Å². The van der Waals surface area contributed by atoms with Crippen LogP contribution in [0.4, 0.5) is 14.6 Å². The molecule has 1 amide bonds. The minimum absolute atomic E-state index is 0.0149. The van der Waals surface area contributed by atoms with Crippen LogP contribution in [0.5, 0.6) is 11.5 Å². The molecule has 1 fully saturated rings. The quantitative estimate of drug-likeness (QED) is 0.0774. The molecule has 4 atom stereocenters. The number of aromatic nitrogens is 2. The van der Waals surface area contributed by atoms with E-state index in [0.29, 0.717) is 28.2 Å². The summed E-state index contributed by atoms with van der Waals surface area (Å²) in [5.41, 5.74) is 0.0559. The molecule has 5 aromatic rings. The summed E-state index contributed by atoms with van der Waals surface area (Å²) in [7, 11) is 1.55. The Morgan fingerprint density at radius 2 is 1.36 bits per heavy atom. The van der Waals surface area contributed by atoms with Crippen LogP contribution in [0.25, 0.3) is 0 Å². The second-order valence-corrected chi connectivity index (χ2v) is 16.0. The van der Waals surface area contributed by atoms with Gasteiger partial charge in [-0.05, 0) is 93.5 Å². The Morgan fingerprint density at radius 1 is 0.845 bits per heavy atom. The van der Waals surface area contributed by atoms with Crippen molar-refractivity contribution in [2.75, 3.05) is 32.8 Å². The zero-order valence-electron chi connectivity index (χ0n) is 33.5. The number of alkyl halides is 2. The first-order chi connectivity index (χ1) is 27.8. The molecule has 1 aromatic heterocycles. The Labute approximate surface area is 338 Å². The summed E-state index contributed by atoms with van der Waals surface area (Å²) in [6.07, 6.45) is -4.21. The summed E-state index contributed by atoms with van der Waals surface area (Å²) >= 11 is 0. The molecule has 4 aromatic carbocycles. The lowest BCUT2D eigenvalue weighted by Gasteiger charge is -2.39. The third-order valence-corrected chi connectivity index (χ3v) is 12.1. The monoisotopic (exact) mass is 814 g/mol. The highest BCUT2D eigenvalue weighted by molar-refractivity contribution is 7.49. The first kappa shape index (κ1) is 42.6. The lowest BCUT2D eigenvalue weighted by molar-refractivity contribution is -0.137. The van der Waals surface area contributed by atoms with Crippen molar-refractivity contribution >= 4 is 20.0 Å². The highest BCUT2D eigenvalue weighted by atomic mass is 31.2. The number of nitrogens with zero attached hydrogens (tertiary/aromatic N) is 3. The van der Waals surface area contributed by atoms with Gasteiger partial charge in [0, 0.05) is 23.8 Å². The van der Waals surface area contributed by atoms with Gasteiger partial charge in [0.2, 0.25) is 6.23 Å². The maximum absolute atomic E-state index is 17.1.